The lowest BCUT2D eigenvalue weighted by molar-refractivity contribution is 0.0785. The van der Waals surface area contributed by atoms with Crippen molar-refractivity contribution >= 4 is 5.91 Å². The molecule has 0 aliphatic carbocycles. The Hall–Kier alpha value is -2.20. The number of benzene rings is 2. The van der Waals surface area contributed by atoms with Crippen molar-refractivity contribution in [3.8, 4) is 0 Å². The second-order valence-electron chi connectivity index (χ2n) is 5.42. The van der Waals surface area contributed by atoms with Crippen molar-refractivity contribution in [1.82, 2.24) is 5.32 Å². The van der Waals surface area contributed by atoms with E-state index in [1.807, 2.05) is 24.3 Å². The molecule has 0 saturated carbocycles. The fourth-order valence-corrected chi connectivity index (χ4v) is 1.95. The predicted molar refractivity (Wildman–Crippen MR) is 79.3 cm³/mol. The van der Waals surface area contributed by atoms with Crippen LogP contribution in [0.3, 0.4) is 0 Å². The molecular weight excluding hydrogens is 269 g/mol. The fourth-order valence-electron chi connectivity index (χ4n) is 1.95. The van der Waals surface area contributed by atoms with Gasteiger partial charge >= 0.3 is 0 Å². The van der Waals surface area contributed by atoms with Crippen LogP contribution in [0.2, 0.25) is 0 Å². The summed E-state index contributed by atoms with van der Waals surface area (Å²) in [5.74, 6) is -0.980. The Morgan fingerprint density at radius 1 is 1.14 bits per heavy atom. The highest BCUT2D eigenvalue weighted by molar-refractivity contribution is 5.94. The summed E-state index contributed by atoms with van der Waals surface area (Å²) >= 11 is 0. The third-order valence-corrected chi connectivity index (χ3v) is 3.23. The van der Waals surface area contributed by atoms with Gasteiger partial charge in [-0.15, -0.1) is 0 Å². The molecule has 0 atom stereocenters. The molecule has 0 aromatic heterocycles. The average Bonchev–Trinajstić information content (AvgIpc) is 2.45. The second kappa shape index (κ2) is 6.06. The van der Waals surface area contributed by atoms with E-state index in [-0.39, 0.29) is 5.56 Å². The first-order chi connectivity index (χ1) is 9.88. The summed E-state index contributed by atoms with van der Waals surface area (Å²) in [6.07, 6.45) is 0. The van der Waals surface area contributed by atoms with Crippen molar-refractivity contribution in [3.05, 3.63) is 71.0 Å². The van der Waals surface area contributed by atoms with Crippen LogP contribution in [0.4, 0.5) is 4.39 Å². The molecular formula is C17H18FNO2. The van der Waals surface area contributed by atoms with E-state index in [0.717, 1.165) is 11.1 Å². The normalized spacial score (nSPS) is 11.2. The standard InChI is InChI=1S/C17H18FNO2/c1-17(2,21)13-9-7-12(8-10-13)11-19-16(20)14-5-3-4-6-15(14)18/h3-10,21H,11H2,1-2H3,(H,19,20). The number of carbonyl (C=O) groups is 1. The largest absolute Gasteiger partial charge is 0.386 e. The van der Waals surface area contributed by atoms with Gasteiger partial charge in [-0.05, 0) is 37.1 Å². The smallest absolute Gasteiger partial charge is 0.254 e. The molecule has 2 rings (SSSR count). The number of nitrogens with one attached hydrogen (secondary N) is 1. The van der Waals surface area contributed by atoms with Crippen LogP contribution >= 0.6 is 0 Å². The number of aliphatic hydroxyl groups is 1. The maximum Gasteiger partial charge on any atom is 0.254 e. The Bertz CT molecular complexity index is 630. The second-order valence-corrected chi connectivity index (χ2v) is 5.42. The molecule has 0 aliphatic rings. The molecule has 4 heteroatoms. The summed E-state index contributed by atoms with van der Waals surface area (Å²) in [7, 11) is 0. The zero-order valence-corrected chi connectivity index (χ0v) is 12.1. The number of hydrogen-bond donors (Lipinski definition) is 2. The van der Waals surface area contributed by atoms with Gasteiger partial charge < -0.3 is 10.4 Å². The molecule has 0 fully saturated rings. The maximum atomic E-state index is 13.5. The molecule has 0 spiro atoms. The Kier molecular flexibility index (Phi) is 4.38. The lowest BCUT2D eigenvalue weighted by Crippen LogP contribution is -2.24. The summed E-state index contributed by atoms with van der Waals surface area (Å²) < 4.78 is 13.5. The highest BCUT2D eigenvalue weighted by atomic mass is 19.1. The van der Waals surface area contributed by atoms with Crippen LogP contribution < -0.4 is 5.32 Å². The number of amides is 1. The van der Waals surface area contributed by atoms with Crippen LogP contribution in [0.15, 0.2) is 48.5 Å². The molecule has 0 bridgehead atoms. The summed E-state index contributed by atoms with van der Waals surface area (Å²) in [4.78, 5) is 11.9. The van der Waals surface area contributed by atoms with E-state index in [1.165, 1.54) is 12.1 Å². The Morgan fingerprint density at radius 3 is 2.33 bits per heavy atom. The molecule has 2 aromatic carbocycles. The average molecular weight is 287 g/mol. The molecule has 2 N–H and O–H groups in total. The molecule has 1 amide bonds. The fraction of sp³-hybridized carbons (Fsp3) is 0.235. The summed E-state index contributed by atoms with van der Waals surface area (Å²) in [5, 5.41) is 12.5. The van der Waals surface area contributed by atoms with Gasteiger partial charge in [0.05, 0.1) is 11.2 Å². The van der Waals surface area contributed by atoms with Gasteiger partial charge in [-0.3, -0.25) is 4.79 Å². The lowest BCUT2D eigenvalue weighted by atomic mass is 9.97. The SMILES string of the molecule is CC(C)(O)c1ccc(CNC(=O)c2ccccc2F)cc1. The Morgan fingerprint density at radius 2 is 1.76 bits per heavy atom. The van der Waals surface area contributed by atoms with Gasteiger partial charge in [-0.2, -0.15) is 0 Å². The molecule has 21 heavy (non-hydrogen) atoms. The van der Waals surface area contributed by atoms with Crippen LogP contribution in [0.25, 0.3) is 0 Å². The Labute approximate surface area is 123 Å². The first kappa shape index (κ1) is 15.2. The van der Waals surface area contributed by atoms with Crippen molar-refractivity contribution < 1.29 is 14.3 Å². The minimum atomic E-state index is -0.894. The van der Waals surface area contributed by atoms with E-state index in [1.54, 1.807) is 26.0 Å². The number of rotatable bonds is 4. The van der Waals surface area contributed by atoms with Gasteiger partial charge in [0.25, 0.3) is 5.91 Å². The number of halogens is 1. The van der Waals surface area contributed by atoms with Gasteiger partial charge in [0, 0.05) is 6.54 Å². The molecule has 0 saturated heterocycles. The zero-order valence-electron chi connectivity index (χ0n) is 12.1. The van der Waals surface area contributed by atoms with Gasteiger partial charge in [0.2, 0.25) is 0 Å². The minimum absolute atomic E-state index is 0.0330. The third-order valence-electron chi connectivity index (χ3n) is 3.23. The number of hydrogen-bond acceptors (Lipinski definition) is 2. The topological polar surface area (TPSA) is 49.3 Å². The quantitative estimate of drug-likeness (QED) is 0.908. The molecule has 2 aromatic rings. The van der Waals surface area contributed by atoms with Crippen LogP contribution in [0.5, 0.6) is 0 Å². The molecule has 0 aliphatic heterocycles. The molecule has 0 radical (unpaired) electrons. The predicted octanol–water partition coefficient (Wildman–Crippen LogP) is 2.98. The van der Waals surface area contributed by atoms with Crippen molar-refractivity contribution in [1.29, 1.82) is 0 Å². The summed E-state index contributed by atoms with van der Waals surface area (Å²) in [6, 6.07) is 13.1. The van der Waals surface area contributed by atoms with Crippen LogP contribution in [0.1, 0.15) is 35.3 Å². The van der Waals surface area contributed by atoms with Crippen LogP contribution in [-0.4, -0.2) is 11.0 Å². The van der Waals surface area contributed by atoms with Crippen molar-refractivity contribution in [2.24, 2.45) is 0 Å². The van der Waals surface area contributed by atoms with Gasteiger partial charge in [-0.25, -0.2) is 4.39 Å². The first-order valence-corrected chi connectivity index (χ1v) is 6.72. The summed E-state index contributed by atoms with van der Waals surface area (Å²) in [6.45, 7) is 3.73. The Balaban J connectivity index is 2.00. The highest BCUT2D eigenvalue weighted by Gasteiger charge is 2.15. The summed E-state index contributed by atoms with van der Waals surface area (Å²) in [5.41, 5.74) is 0.819. The van der Waals surface area contributed by atoms with E-state index in [0.29, 0.717) is 6.54 Å². The van der Waals surface area contributed by atoms with Crippen LogP contribution in [-0.2, 0) is 12.1 Å². The van der Waals surface area contributed by atoms with E-state index in [2.05, 4.69) is 5.32 Å². The van der Waals surface area contributed by atoms with Crippen molar-refractivity contribution in [2.75, 3.05) is 0 Å². The molecule has 0 heterocycles. The van der Waals surface area contributed by atoms with Crippen LogP contribution in [0, 0.1) is 5.82 Å². The minimum Gasteiger partial charge on any atom is -0.386 e. The molecule has 110 valence electrons. The highest BCUT2D eigenvalue weighted by Crippen LogP contribution is 2.19. The van der Waals surface area contributed by atoms with E-state index < -0.39 is 17.3 Å². The van der Waals surface area contributed by atoms with Gasteiger partial charge in [0.1, 0.15) is 5.82 Å². The van der Waals surface area contributed by atoms with Gasteiger partial charge in [0.15, 0.2) is 0 Å². The monoisotopic (exact) mass is 287 g/mol. The van der Waals surface area contributed by atoms with Crippen molar-refractivity contribution in [3.63, 3.8) is 0 Å². The van der Waals surface area contributed by atoms with E-state index in [4.69, 9.17) is 0 Å². The van der Waals surface area contributed by atoms with E-state index in [9.17, 15) is 14.3 Å². The van der Waals surface area contributed by atoms with Gasteiger partial charge in [-0.1, -0.05) is 36.4 Å². The first-order valence-electron chi connectivity index (χ1n) is 6.72. The zero-order chi connectivity index (χ0) is 15.5. The molecule has 0 unspecified atom stereocenters. The lowest BCUT2D eigenvalue weighted by Gasteiger charge is -2.18. The number of carbonyl (C=O) groups excluding carboxylic acids is 1. The maximum absolute atomic E-state index is 13.5. The van der Waals surface area contributed by atoms with E-state index >= 15 is 0 Å². The third kappa shape index (κ3) is 3.89. The molecule has 3 nitrogen and oxygen atoms in total. The van der Waals surface area contributed by atoms with Crippen molar-refractivity contribution in [2.45, 2.75) is 26.0 Å².